The summed E-state index contributed by atoms with van der Waals surface area (Å²) < 4.78 is 0. The summed E-state index contributed by atoms with van der Waals surface area (Å²) in [4.78, 5) is 8.00. The minimum Gasteiger partial charge on any atom is -0.307 e. The fraction of sp³-hybridized carbons (Fsp3) is 0.909. The van der Waals surface area contributed by atoms with Gasteiger partial charge in [0.1, 0.15) is 6.79 Å². The van der Waals surface area contributed by atoms with E-state index in [4.69, 9.17) is 4.79 Å². The smallest absolute Gasteiger partial charge is 0.106 e. The van der Waals surface area contributed by atoms with Crippen molar-refractivity contribution in [3.63, 3.8) is 0 Å². The van der Waals surface area contributed by atoms with Gasteiger partial charge in [0.2, 0.25) is 0 Å². The Balaban J connectivity index is 0.000000561. The number of unbranched alkanes of at least 4 members (excludes halogenated alkanes) is 1. The summed E-state index contributed by atoms with van der Waals surface area (Å²) in [6.07, 6.45) is 11.9. The molecule has 1 rings (SSSR count). The molecule has 12 heavy (non-hydrogen) atoms. The number of rotatable bonds is 3. The van der Waals surface area contributed by atoms with E-state index >= 15 is 0 Å². The summed E-state index contributed by atoms with van der Waals surface area (Å²) in [6.45, 7) is 4.29. The van der Waals surface area contributed by atoms with Gasteiger partial charge in [0.05, 0.1) is 0 Å². The Kier molecular flexibility index (Phi) is 8.52. The first-order chi connectivity index (χ1) is 5.93. The Bertz CT molecular complexity index is 85.0. The van der Waals surface area contributed by atoms with Gasteiger partial charge in [-0.05, 0) is 5.92 Å². The lowest BCUT2D eigenvalue weighted by Crippen LogP contribution is -2.05. The lowest BCUT2D eigenvalue weighted by molar-refractivity contribution is -0.0979. The van der Waals surface area contributed by atoms with Gasteiger partial charge in [0, 0.05) is 0 Å². The van der Waals surface area contributed by atoms with Crippen molar-refractivity contribution in [1.82, 2.24) is 0 Å². The second-order valence-corrected chi connectivity index (χ2v) is 3.65. The van der Waals surface area contributed by atoms with Crippen LogP contribution in [0.4, 0.5) is 0 Å². The van der Waals surface area contributed by atoms with Crippen molar-refractivity contribution < 1.29 is 4.79 Å². The molecule has 0 bridgehead atoms. The normalized spacial score (nSPS) is 18.1. The van der Waals surface area contributed by atoms with Crippen molar-refractivity contribution in [2.45, 2.75) is 58.3 Å². The Morgan fingerprint density at radius 2 is 1.75 bits per heavy atom. The van der Waals surface area contributed by atoms with Gasteiger partial charge < -0.3 is 4.79 Å². The van der Waals surface area contributed by atoms with Crippen LogP contribution in [0.15, 0.2) is 0 Å². The van der Waals surface area contributed by atoms with Crippen LogP contribution in [0.1, 0.15) is 58.3 Å². The maximum atomic E-state index is 8.00. The molecule has 1 heteroatoms. The van der Waals surface area contributed by atoms with E-state index in [1.54, 1.807) is 0 Å². The molecule has 1 aliphatic carbocycles. The van der Waals surface area contributed by atoms with Crippen LogP contribution >= 0.6 is 0 Å². The lowest BCUT2D eigenvalue weighted by atomic mass is 9.86. The van der Waals surface area contributed by atoms with Crippen LogP contribution in [0.2, 0.25) is 0 Å². The molecule has 0 N–H and O–H groups in total. The predicted molar refractivity (Wildman–Crippen MR) is 53.2 cm³/mol. The van der Waals surface area contributed by atoms with Gasteiger partial charge in [-0.15, -0.1) is 0 Å². The molecular formula is C11H22O. The third kappa shape index (κ3) is 5.34. The van der Waals surface area contributed by atoms with Crippen LogP contribution in [0.5, 0.6) is 0 Å². The van der Waals surface area contributed by atoms with Gasteiger partial charge in [-0.2, -0.15) is 0 Å². The minimum absolute atomic E-state index is 1.11. The number of carbonyl (C=O) groups is 1. The number of hydrogen-bond acceptors (Lipinski definition) is 1. The fourth-order valence-electron chi connectivity index (χ4n) is 1.97. The number of carbonyl (C=O) groups excluding carboxylic acids is 1. The van der Waals surface area contributed by atoms with E-state index in [1.165, 1.54) is 51.4 Å². The molecular weight excluding hydrogens is 148 g/mol. The molecule has 1 aliphatic rings. The molecule has 1 saturated carbocycles. The molecule has 0 saturated heterocycles. The highest BCUT2D eigenvalue weighted by atomic mass is 16.1. The summed E-state index contributed by atoms with van der Waals surface area (Å²) >= 11 is 0. The van der Waals surface area contributed by atoms with E-state index in [1.807, 2.05) is 6.79 Å². The molecule has 0 unspecified atom stereocenters. The Morgan fingerprint density at radius 3 is 2.25 bits per heavy atom. The Morgan fingerprint density at radius 1 is 1.17 bits per heavy atom. The fourth-order valence-corrected chi connectivity index (χ4v) is 1.97. The van der Waals surface area contributed by atoms with Crippen molar-refractivity contribution in [3.8, 4) is 0 Å². The van der Waals surface area contributed by atoms with Crippen LogP contribution in [-0.4, -0.2) is 6.79 Å². The first kappa shape index (κ1) is 11.7. The van der Waals surface area contributed by atoms with Crippen LogP contribution in [0.25, 0.3) is 0 Å². The molecule has 1 nitrogen and oxygen atoms in total. The SMILES string of the molecule is C=O.CCCCC1CCCCC1. The van der Waals surface area contributed by atoms with E-state index in [-0.39, 0.29) is 0 Å². The second kappa shape index (κ2) is 8.76. The molecule has 0 radical (unpaired) electrons. The molecule has 72 valence electrons. The molecule has 0 aromatic carbocycles. The number of hydrogen-bond donors (Lipinski definition) is 0. The van der Waals surface area contributed by atoms with Gasteiger partial charge in [-0.3, -0.25) is 0 Å². The van der Waals surface area contributed by atoms with Crippen LogP contribution in [-0.2, 0) is 4.79 Å². The van der Waals surface area contributed by atoms with Crippen LogP contribution in [0.3, 0.4) is 0 Å². The summed E-state index contributed by atoms with van der Waals surface area (Å²) in [5.41, 5.74) is 0. The second-order valence-electron chi connectivity index (χ2n) is 3.65. The quantitative estimate of drug-likeness (QED) is 0.632. The molecule has 0 heterocycles. The first-order valence-corrected chi connectivity index (χ1v) is 5.22. The third-order valence-electron chi connectivity index (χ3n) is 2.69. The molecule has 0 amide bonds. The standard InChI is InChI=1S/C10H20.CH2O/c1-2-3-7-10-8-5-4-6-9-10;1-2/h10H,2-9H2,1H3;1H2. The van der Waals surface area contributed by atoms with E-state index in [9.17, 15) is 0 Å². The lowest BCUT2D eigenvalue weighted by Gasteiger charge is -2.20. The van der Waals surface area contributed by atoms with Crippen LogP contribution < -0.4 is 0 Å². The molecule has 0 aliphatic heterocycles. The van der Waals surface area contributed by atoms with E-state index in [2.05, 4.69) is 6.92 Å². The Hall–Kier alpha value is -0.330. The van der Waals surface area contributed by atoms with Gasteiger partial charge in [-0.25, -0.2) is 0 Å². The molecule has 0 aromatic rings. The van der Waals surface area contributed by atoms with E-state index in [0.29, 0.717) is 0 Å². The molecule has 0 spiro atoms. The van der Waals surface area contributed by atoms with Crippen molar-refractivity contribution in [1.29, 1.82) is 0 Å². The predicted octanol–water partition coefficient (Wildman–Crippen LogP) is 3.57. The topological polar surface area (TPSA) is 17.1 Å². The van der Waals surface area contributed by atoms with Crippen molar-refractivity contribution in [2.24, 2.45) is 5.92 Å². The van der Waals surface area contributed by atoms with Crippen LogP contribution in [0, 0.1) is 5.92 Å². The summed E-state index contributed by atoms with van der Waals surface area (Å²) in [5.74, 6) is 1.11. The van der Waals surface area contributed by atoms with Crippen molar-refractivity contribution in [3.05, 3.63) is 0 Å². The van der Waals surface area contributed by atoms with E-state index < -0.39 is 0 Å². The zero-order valence-electron chi connectivity index (χ0n) is 8.35. The molecule has 0 atom stereocenters. The van der Waals surface area contributed by atoms with Gasteiger partial charge in [0.15, 0.2) is 0 Å². The van der Waals surface area contributed by atoms with Gasteiger partial charge in [0.25, 0.3) is 0 Å². The highest BCUT2D eigenvalue weighted by Crippen LogP contribution is 2.27. The average Bonchev–Trinajstić information content (AvgIpc) is 2.19. The highest BCUT2D eigenvalue weighted by Gasteiger charge is 2.11. The molecule has 1 fully saturated rings. The largest absolute Gasteiger partial charge is 0.307 e. The maximum Gasteiger partial charge on any atom is 0.106 e. The monoisotopic (exact) mass is 170 g/mol. The minimum atomic E-state index is 1.11. The average molecular weight is 170 g/mol. The summed E-state index contributed by atoms with van der Waals surface area (Å²) in [5, 5.41) is 0. The molecule has 0 aromatic heterocycles. The zero-order valence-corrected chi connectivity index (χ0v) is 8.35. The maximum absolute atomic E-state index is 8.00. The van der Waals surface area contributed by atoms with Crippen molar-refractivity contribution in [2.75, 3.05) is 0 Å². The van der Waals surface area contributed by atoms with Gasteiger partial charge >= 0.3 is 0 Å². The van der Waals surface area contributed by atoms with Gasteiger partial charge in [-0.1, -0.05) is 58.3 Å². The third-order valence-corrected chi connectivity index (χ3v) is 2.69. The Labute approximate surface area is 76.6 Å². The highest BCUT2D eigenvalue weighted by molar-refractivity contribution is 5.10. The van der Waals surface area contributed by atoms with Crippen molar-refractivity contribution >= 4 is 6.79 Å². The van der Waals surface area contributed by atoms with E-state index in [0.717, 1.165) is 5.92 Å². The first-order valence-electron chi connectivity index (χ1n) is 5.22. The summed E-state index contributed by atoms with van der Waals surface area (Å²) in [7, 11) is 0. The zero-order chi connectivity index (χ0) is 9.23. The summed E-state index contributed by atoms with van der Waals surface area (Å²) in [6, 6.07) is 0.